The van der Waals surface area contributed by atoms with Crippen molar-refractivity contribution in [3.05, 3.63) is 0 Å². The van der Waals surface area contributed by atoms with E-state index in [9.17, 15) is 4.79 Å². The molecule has 0 atom stereocenters. The highest BCUT2D eigenvalue weighted by molar-refractivity contribution is 5.64. The van der Waals surface area contributed by atoms with E-state index in [4.69, 9.17) is 9.84 Å². The van der Waals surface area contributed by atoms with E-state index in [0.29, 0.717) is 6.10 Å². The summed E-state index contributed by atoms with van der Waals surface area (Å²) in [5, 5.41) is 8.97. The lowest BCUT2D eigenvalue weighted by Crippen LogP contribution is -2.39. The van der Waals surface area contributed by atoms with Crippen LogP contribution in [-0.2, 0) is 4.74 Å². The zero-order valence-corrected chi connectivity index (χ0v) is 13.9. The molecule has 0 bridgehead atoms. The fraction of sp³-hybridized carbons (Fsp3) is 0.938. The molecule has 0 aliphatic heterocycles. The first kappa shape index (κ1) is 18.2. The van der Waals surface area contributed by atoms with Crippen LogP contribution in [0.25, 0.3) is 0 Å². The number of hydrogen-bond acceptors (Lipinski definition) is 3. The molecule has 0 spiro atoms. The summed E-state index contributed by atoms with van der Waals surface area (Å²) in [6, 6.07) is 0.174. The van der Waals surface area contributed by atoms with E-state index in [1.165, 1.54) is 30.7 Å². The molecule has 0 aromatic heterocycles. The largest absolute Gasteiger partial charge is 0.465 e. The molecule has 1 aliphatic rings. The van der Waals surface area contributed by atoms with Gasteiger partial charge in [0.05, 0.1) is 6.10 Å². The lowest BCUT2D eigenvalue weighted by molar-refractivity contribution is 0.00995. The number of unbranched alkanes of at least 4 members (excludes halogenated alkanes) is 3. The van der Waals surface area contributed by atoms with Crippen LogP contribution in [0.3, 0.4) is 0 Å². The molecule has 124 valence electrons. The number of amides is 1. The van der Waals surface area contributed by atoms with Gasteiger partial charge in [0.1, 0.15) is 0 Å². The Kier molecular flexibility index (Phi) is 8.69. The van der Waals surface area contributed by atoms with Gasteiger partial charge in [0.2, 0.25) is 0 Å². The number of carbonyl (C=O) groups is 1. The third-order valence-corrected chi connectivity index (χ3v) is 4.35. The van der Waals surface area contributed by atoms with E-state index in [2.05, 4.69) is 19.0 Å². The highest BCUT2D eigenvalue weighted by atomic mass is 16.5. The van der Waals surface area contributed by atoms with Crippen LogP contribution in [0.15, 0.2) is 0 Å². The van der Waals surface area contributed by atoms with E-state index in [1.807, 2.05) is 0 Å². The lowest BCUT2D eigenvalue weighted by Gasteiger charge is -2.33. The second-order valence-corrected chi connectivity index (χ2v) is 6.41. The van der Waals surface area contributed by atoms with Crippen LogP contribution in [0, 0.1) is 0 Å². The Bertz CT molecular complexity index is 289. The summed E-state index contributed by atoms with van der Waals surface area (Å²) in [5.41, 5.74) is 0. The number of rotatable bonds is 9. The Labute approximate surface area is 129 Å². The fourth-order valence-electron chi connectivity index (χ4n) is 2.89. The molecule has 0 saturated heterocycles. The van der Waals surface area contributed by atoms with Crippen molar-refractivity contribution in [3.8, 4) is 0 Å². The highest BCUT2D eigenvalue weighted by Crippen LogP contribution is 2.24. The van der Waals surface area contributed by atoms with Crippen molar-refractivity contribution in [1.29, 1.82) is 0 Å². The van der Waals surface area contributed by atoms with Gasteiger partial charge in [0, 0.05) is 19.7 Å². The molecule has 1 rings (SSSR count). The van der Waals surface area contributed by atoms with Crippen molar-refractivity contribution in [2.24, 2.45) is 0 Å². The van der Waals surface area contributed by atoms with Gasteiger partial charge >= 0.3 is 6.09 Å². The molecular weight excluding hydrogens is 268 g/mol. The smallest absolute Gasteiger partial charge is 0.407 e. The molecule has 21 heavy (non-hydrogen) atoms. The minimum absolute atomic E-state index is 0.174. The molecule has 1 aliphatic carbocycles. The summed E-state index contributed by atoms with van der Waals surface area (Å²) >= 11 is 0. The lowest BCUT2D eigenvalue weighted by atomic mass is 9.92. The summed E-state index contributed by atoms with van der Waals surface area (Å²) in [6.07, 6.45) is 8.27. The van der Waals surface area contributed by atoms with Crippen molar-refractivity contribution in [2.75, 3.05) is 34.3 Å². The van der Waals surface area contributed by atoms with Crippen molar-refractivity contribution >= 4 is 6.09 Å². The maximum atomic E-state index is 10.9. The minimum Gasteiger partial charge on any atom is -0.465 e. The molecule has 5 heteroatoms. The maximum Gasteiger partial charge on any atom is 0.407 e. The molecule has 1 amide bonds. The number of carboxylic acid groups (broad SMARTS) is 1. The van der Waals surface area contributed by atoms with E-state index < -0.39 is 6.09 Å². The third kappa shape index (κ3) is 7.67. The summed E-state index contributed by atoms with van der Waals surface area (Å²) in [7, 11) is 5.89. The number of nitrogens with zero attached hydrogens (tertiary/aromatic N) is 2. The van der Waals surface area contributed by atoms with Crippen LogP contribution in [0.1, 0.15) is 51.4 Å². The molecule has 1 fully saturated rings. The zero-order chi connectivity index (χ0) is 15.7. The quantitative estimate of drug-likeness (QED) is 0.665. The summed E-state index contributed by atoms with van der Waals surface area (Å²) in [6.45, 7) is 2.02. The second-order valence-electron chi connectivity index (χ2n) is 6.41. The van der Waals surface area contributed by atoms with E-state index in [0.717, 1.165) is 38.7 Å². The van der Waals surface area contributed by atoms with Crippen LogP contribution >= 0.6 is 0 Å². The van der Waals surface area contributed by atoms with Gasteiger partial charge in [-0.25, -0.2) is 4.79 Å². The normalized spacial score (nSPS) is 22.5. The monoisotopic (exact) mass is 300 g/mol. The minimum atomic E-state index is -0.822. The van der Waals surface area contributed by atoms with Crippen LogP contribution in [0.2, 0.25) is 0 Å². The molecule has 0 unspecified atom stereocenters. The van der Waals surface area contributed by atoms with Gasteiger partial charge in [-0.1, -0.05) is 12.8 Å². The fourth-order valence-corrected chi connectivity index (χ4v) is 2.89. The van der Waals surface area contributed by atoms with Crippen molar-refractivity contribution in [2.45, 2.75) is 63.5 Å². The Morgan fingerprint density at radius 2 is 1.67 bits per heavy atom. The van der Waals surface area contributed by atoms with E-state index in [1.54, 1.807) is 7.05 Å². The SMILES string of the molecule is CN(C)CCCCCCOC1CCC(N(C)C(=O)O)CC1. The van der Waals surface area contributed by atoms with E-state index in [-0.39, 0.29) is 6.04 Å². The van der Waals surface area contributed by atoms with Gasteiger partial charge in [-0.05, 0) is 59.2 Å². The van der Waals surface area contributed by atoms with Crippen molar-refractivity contribution < 1.29 is 14.6 Å². The van der Waals surface area contributed by atoms with Crippen LogP contribution in [0.4, 0.5) is 4.79 Å². The Balaban J connectivity index is 1.99. The van der Waals surface area contributed by atoms with Crippen LogP contribution in [0.5, 0.6) is 0 Å². The van der Waals surface area contributed by atoms with Gasteiger partial charge < -0.3 is 19.6 Å². The summed E-state index contributed by atoms with van der Waals surface area (Å²) < 4.78 is 5.92. The van der Waals surface area contributed by atoms with Gasteiger partial charge in [-0.3, -0.25) is 0 Å². The summed E-state index contributed by atoms with van der Waals surface area (Å²) in [5.74, 6) is 0. The molecule has 1 N–H and O–H groups in total. The topological polar surface area (TPSA) is 53.0 Å². The first-order valence-electron chi connectivity index (χ1n) is 8.22. The van der Waals surface area contributed by atoms with Crippen LogP contribution in [-0.4, -0.2) is 67.4 Å². The molecule has 1 saturated carbocycles. The second kappa shape index (κ2) is 10.0. The molecular formula is C16H32N2O3. The molecule has 0 radical (unpaired) electrons. The predicted octanol–water partition coefficient (Wildman–Crippen LogP) is 3.05. The Morgan fingerprint density at radius 3 is 2.24 bits per heavy atom. The van der Waals surface area contributed by atoms with E-state index >= 15 is 0 Å². The van der Waals surface area contributed by atoms with Gasteiger partial charge in [-0.2, -0.15) is 0 Å². The molecule has 5 nitrogen and oxygen atoms in total. The molecule has 0 aromatic carbocycles. The zero-order valence-electron chi connectivity index (χ0n) is 13.9. The van der Waals surface area contributed by atoms with Gasteiger partial charge in [0.15, 0.2) is 0 Å². The third-order valence-electron chi connectivity index (χ3n) is 4.35. The van der Waals surface area contributed by atoms with Gasteiger partial charge in [0.25, 0.3) is 0 Å². The Hall–Kier alpha value is -0.810. The first-order chi connectivity index (χ1) is 10.0. The standard InChI is InChI=1S/C16H32N2O3/c1-17(2)12-6-4-5-7-13-21-15-10-8-14(9-11-15)18(3)16(19)20/h14-15H,4-13H2,1-3H3,(H,19,20). The predicted molar refractivity (Wildman–Crippen MR) is 84.8 cm³/mol. The highest BCUT2D eigenvalue weighted by Gasteiger charge is 2.26. The van der Waals surface area contributed by atoms with Crippen molar-refractivity contribution in [3.63, 3.8) is 0 Å². The maximum absolute atomic E-state index is 10.9. The average Bonchev–Trinajstić information content (AvgIpc) is 2.45. The number of hydrogen-bond donors (Lipinski definition) is 1. The number of ether oxygens (including phenoxy) is 1. The Morgan fingerprint density at radius 1 is 1.05 bits per heavy atom. The molecule has 0 aromatic rings. The average molecular weight is 300 g/mol. The molecule has 0 heterocycles. The van der Waals surface area contributed by atoms with Gasteiger partial charge in [-0.15, -0.1) is 0 Å². The van der Waals surface area contributed by atoms with Crippen LogP contribution < -0.4 is 0 Å². The first-order valence-corrected chi connectivity index (χ1v) is 8.22. The van der Waals surface area contributed by atoms with Crippen molar-refractivity contribution in [1.82, 2.24) is 9.80 Å². The summed E-state index contributed by atoms with van der Waals surface area (Å²) in [4.78, 5) is 14.6.